The number of ether oxygens (including phenoxy) is 2. The second-order valence-corrected chi connectivity index (χ2v) is 6.44. The Hall–Kier alpha value is -3.15. The molecule has 0 aliphatic rings. The third-order valence-corrected chi connectivity index (χ3v) is 4.29. The maximum atomic E-state index is 12.4. The number of carbonyl (C=O) groups is 3. The van der Waals surface area contributed by atoms with Crippen LogP contribution in [0.3, 0.4) is 0 Å². The van der Waals surface area contributed by atoms with Gasteiger partial charge in [0.2, 0.25) is 5.78 Å². The highest BCUT2D eigenvalue weighted by molar-refractivity contribution is 6.01. The van der Waals surface area contributed by atoms with Crippen LogP contribution in [-0.2, 0) is 9.53 Å². The Bertz CT molecular complexity index is 858. The minimum atomic E-state index is -0.933. The largest absolute Gasteiger partial charge is 0.494 e. The van der Waals surface area contributed by atoms with Crippen molar-refractivity contribution in [3.05, 3.63) is 64.7 Å². The lowest BCUT2D eigenvalue weighted by atomic mass is 10.0. The van der Waals surface area contributed by atoms with Crippen LogP contribution < -0.4 is 10.1 Å². The molecule has 0 aliphatic heterocycles. The molecule has 0 unspecified atom stereocenters. The molecule has 0 heterocycles. The summed E-state index contributed by atoms with van der Waals surface area (Å²) in [4.78, 5) is 36.5. The zero-order valence-corrected chi connectivity index (χ0v) is 16.6. The lowest BCUT2D eigenvalue weighted by Gasteiger charge is -2.13. The summed E-state index contributed by atoms with van der Waals surface area (Å²) in [5.74, 6) is -0.705. The number of aryl methyl sites for hydroxylation is 2. The molecule has 0 bridgehead atoms. The molecule has 0 spiro atoms. The molecule has 1 N–H and O–H groups in total. The molecular weight excluding hydrogens is 358 g/mol. The normalized spacial score (nSPS) is 11.4. The molecule has 6 nitrogen and oxygen atoms in total. The number of ketones is 1. The molecule has 2 rings (SSSR count). The highest BCUT2D eigenvalue weighted by Gasteiger charge is 2.20. The van der Waals surface area contributed by atoms with Crippen LogP contribution in [0, 0.1) is 13.8 Å². The van der Waals surface area contributed by atoms with Crippen LogP contribution in [0.4, 0.5) is 0 Å². The van der Waals surface area contributed by atoms with Crippen LogP contribution >= 0.6 is 0 Å². The molecule has 0 fully saturated rings. The van der Waals surface area contributed by atoms with Gasteiger partial charge in [0.1, 0.15) is 12.3 Å². The Balaban J connectivity index is 1.86. The average molecular weight is 383 g/mol. The molecule has 1 amide bonds. The van der Waals surface area contributed by atoms with Crippen LogP contribution in [0.1, 0.15) is 45.7 Å². The third kappa shape index (κ3) is 5.67. The first kappa shape index (κ1) is 21.2. The first-order valence-electron chi connectivity index (χ1n) is 9.13. The first-order chi connectivity index (χ1) is 13.3. The van der Waals surface area contributed by atoms with Crippen molar-refractivity contribution >= 4 is 17.7 Å². The van der Waals surface area contributed by atoms with E-state index in [0.717, 1.165) is 11.1 Å². The summed E-state index contributed by atoms with van der Waals surface area (Å²) in [5.41, 5.74) is 2.96. The topological polar surface area (TPSA) is 81.7 Å². The van der Waals surface area contributed by atoms with Gasteiger partial charge >= 0.3 is 5.97 Å². The van der Waals surface area contributed by atoms with E-state index < -0.39 is 18.0 Å². The maximum Gasteiger partial charge on any atom is 0.326 e. The second kappa shape index (κ2) is 9.69. The number of rotatable bonds is 8. The van der Waals surface area contributed by atoms with Crippen molar-refractivity contribution in [3.8, 4) is 5.75 Å². The number of nitrogens with one attached hydrogen (secondary N) is 1. The maximum absolute atomic E-state index is 12.4. The van der Waals surface area contributed by atoms with Crippen molar-refractivity contribution in [2.24, 2.45) is 0 Å². The standard InChI is InChI=1S/C22H25NO5/c1-5-27-19-10-8-17(9-11-19)22(26)23-13-20(24)28-16(4)21(25)18-7-6-14(2)15(3)12-18/h6-12,16H,5,13H2,1-4H3,(H,23,26)/t16-/m0/s1. The predicted molar refractivity (Wildman–Crippen MR) is 106 cm³/mol. The SMILES string of the molecule is CCOc1ccc(C(=O)NCC(=O)O[C@@H](C)C(=O)c2ccc(C)c(C)c2)cc1. The number of benzene rings is 2. The van der Waals surface area contributed by atoms with E-state index >= 15 is 0 Å². The molecule has 0 saturated heterocycles. The molecule has 148 valence electrons. The third-order valence-electron chi connectivity index (χ3n) is 4.29. The van der Waals surface area contributed by atoms with Crippen LogP contribution in [-0.4, -0.2) is 36.9 Å². The lowest BCUT2D eigenvalue weighted by Crippen LogP contribution is -2.34. The minimum Gasteiger partial charge on any atom is -0.494 e. The van der Waals surface area contributed by atoms with E-state index in [9.17, 15) is 14.4 Å². The zero-order valence-electron chi connectivity index (χ0n) is 16.6. The quantitative estimate of drug-likeness (QED) is 0.559. The number of esters is 1. The monoisotopic (exact) mass is 383 g/mol. The average Bonchev–Trinajstić information content (AvgIpc) is 2.68. The van der Waals surface area contributed by atoms with Gasteiger partial charge in [-0.15, -0.1) is 0 Å². The van der Waals surface area contributed by atoms with Gasteiger partial charge in [0, 0.05) is 11.1 Å². The van der Waals surface area contributed by atoms with Gasteiger partial charge in [-0.05, 0) is 69.2 Å². The van der Waals surface area contributed by atoms with Crippen LogP contribution in [0.2, 0.25) is 0 Å². The molecule has 0 radical (unpaired) electrons. The van der Waals surface area contributed by atoms with Crippen molar-refractivity contribution in [2.75, 3.05) is 13.2 Å². The van der Waals surface area contributed by atoms with E-state index in [1.807, 2.05) is 26.8 Å². The Labute approximate surface area is 164 Å². The fourth-order valence-corrected chi connectivity index (χ4v) is 2.55. The van der Waals surface area contributed by atoms with Gasteiger partial charge < -0.3 is 14.8 Å². The van der Waals surface area contributed by atoms with Crippen LogP contribution in [0.15, 0.2) is 42.5 Å². The van der Waals surface area contributed by atoms with Crippen molar-refractivity contribution in [1.29, 1.82) is 0 Å². The summed E-state index contributed by atoms with van der Waals surface area (Å²) in [7, 11) is 0. The number of amides is 1. The molecule has 6 heteroatoms. The van der Waals surface area contributed by atoms with Crippen molar-refractivity contribution in [1.82, 2.24) is 5.32 Å². The molecule has 2 aromatic rings. The van der Waals surface area contributed by atoms with Gasteiger partial charge in [0.25, 0.3) is 5.91 Å². The van der Waals surface area contributed by atoms with Crippen LogP contribution in [0.25, 0.3) is 0 Å². The molecule has 28 heavy (non-hydrogen) atoms. The number of carbonyl (C=O) groups excluding carboxylic acids is 3. The molecule has 1 atom stereocenters. The first-order valence-corrected chi connectivity index (χ1v) is 9.13. The van der Waals surface area contributed by atoms with E-state index in [1.54, 1.807) is 36.4 Å². The second-order valence-electron chi connectivity index (χ2n) is 6.44. The minimum absolute atomic E-state index is 0.283. The van der Waals surface area contributed by atoms with Gasteiger partial charge in [-0.2, -0.15) is 0 Å². The molecule has 0 aromatic heterocycles. The number of hydrogen-bond acceptors (Lipinski definition) is 5. The fraction of sp³-hybridized carbons (Fsp3) is 0.318. The molecule has 0 saturated carbocycles. The molecule has 0 aliphatic carbocycles. The van der Waals surface area contributed by atoms with Crippen molar-refractivity contribution < 1.29 is 23.9 Å². The van der Waals surface area contributed by atoms with Gasteiger partial charge in [-0.1, -0.05) is 12.1 Å². The smallest absolute Gasteiger partial charge is 0.326 e. The summed E-state index contributed by atoms with van der Waals surface area (Å²) in [6.45, 7) is 7.48. The number of Topliss-reactive ketones (excluding diaryl/α,β-unsaturated/α-hetero) is 1. The van der Waals surface area contributed by atoms with Gasteiger partial charge in [0.15, 0.2) is 6.10 Å². The highest BCUT2D eigenvalue weighted by Crippen LogP contribution is 2.13. The highest BCUT2D eigenvalue weighted by atomic mass is 16.5. The Morgan fingerprint density at radius 1 is 0.964 bits per heavy atom. The Morgan fingerprint density at radius 2 is 1.61 bits per heavy atom. The lowest BCUT2D eigenvalue weighted by molar-refractivity contribution is -0.145. The van der Waals surface area contributed by atoms with Gasteiger partial charge in [-0.25, -0.2) is 0 Å². The van der Waals surface area contributed by atoms with E-state index in [-0.39, 0.29) is 12.3 Å². The Kier molecular flexibility index (Phi) is 7.32. The van der Waals surface area contributed by atoms with E-state index in [1.165, 1.54) is 6.92 Å². The summed E-state index contributed by atoms with van der Waals surface area (Å²) in [5, 5.41) is 2.49. The van der Waals surface area contributed by atoms with Crippen molar-refractivity contribution in [2.45, 2.75) is 33.8 Å². The van der Waals surface area contributed by atoms with Crippen molar-refractivity contribution in [3.63, 3.8) is 0 Å². The molecule has 2 aromatic carbocycles. The van der Waals surface area contributed by atoms with E-state index in [2.05, 4.69) is 5.32 Å². The van der Waals surface area contributed by atoms with Gasteiger partial charge in [-0.3, -0.25) is 14.4 Å². The predicted octanol–water partition coefficient (Wildman–Crippen LogP) is 3.25. The number of hydrogen-bond donors (Lipinski definition) is 1. The van der Waals surface area contributed by atoms with E-state index in [4.69, 9.17) is 9.47 Å². The van der Waals surface area contributed by atoms with Crippen LogP contribution in [0.5, 0.6) is 5.75 Å². The fourth-order valence-electron chi connectivity index (χ4n) is 2.55. The summed E-state index contributed by atoms with van der Waals surface area (Å²) >= 11 is 0. The summed E-state index contributed by atoms with van der Waals surface area (Å²) in [6, 6.07) is 11.9. The Morgan fingerprint density at radius 3 is 2.21 bits per heavy atom. The summed E-state index contributed by atoms with van der Waals surface area (Å²) in [6.07, 6.45) is -0.933. The zero-order chi connectivity index (χ0) is 20.7. The van der Waals surface area contributed by atoms with E-state index in [0.29, 0.717) is 23.5 Å². The van der Waals surface area contributed by atoms with Gasteiger partial charge in [0.05, 0.1) is 6.61 Å². The summed E-state index contributed by atoms with van der Waals surface area (Å²) < 4.78 is 10.5. The molecular formula is C22H25NO5.